The molecular formula is C18H36N2O. The van der Waals surface area contributed by atoms with Crippen LogP contribution in [0.2, 0.25) is 0 Å². The fraction of sp³-hybridized carbons (Fsp3) is 0.944. The third-order valence-electron chi connectivity index (χ3n) is 4.48. The highest BCUT2D eigenvalue weighted by atomic mass is 16.1. The van der Waals surface area contributed by atoms with Gasteiger partial charge in [0.15, 0.2) is 0 Å². The lowest BCUT2D eigenvalue weighted by Gasteiger charge is -2.10. The van der Waals surface area contributed by atoms with E-state index in [0.29, 0.717) is 12.5 Å². The molecule has 1 rings (SSSR count). The summed E-state index contributed by atoms with van der Waals surface area (Å²) in [5.41, 5.74) is 0. The van der Waals surface area contributed by atoms with Crippen LogP contribution in [0.3, 0.4) is 0 Å². The van der Waals surface area contributed by atoms with E-state index in [2.05, 4.69) is 17.6 Å². The van der Waals surface area contributed by atoms with Crippen LogP contribution in [0.1, 0.15) is 90.4 Å². The molecule has 1 aliphatic heterocycles. The summed E-state index contributed by atoms with van der Waals surface area (Å²) in [4.78, 5) is 11.7. The van der Waals surface area contributed by atoms with Crippen LogP contribution >= 0.6 is 0 Å². The zero-order valence-electron chi connectivity index (χ0n) is 14.1. The molecule has 1 unspecified atom stereocenters. The fourth-order valence-electron chi connectivity index (χ4n) is 3.07. The van der Waals surface area contributed by atoms with Crippen molar-refractivity contribution in [1.82, 2.24) is 10.6 Å². The molecular weight excluding hydrogens is 260 g/mol. The lowest BCUT2D eigenvalue weighted by Crippen LogP contribution is -2.30. The van der Waals surface area contributed by atoms with Gasteiger partial charge in [-0.3, -0.25) is 4.79 Å². The number of unbranched alkanes of at least 4 members (excludes halogenated alkanes) is 8. The topological polar surface area (TPSA) is 41.1 Å². The second kappa shape index (κ2) is 13.1. The van der Waals surface area contributed by atoms with E-state index in [-0.39, 0.29) is 5.91 Å². The summed E-state index contributed by atoms with van der Waals surface area (Å²) in [6, 6.07) is 0.637. The molecule has 0 aromatic rings. The van der Waals surface area contributed by atoms with Gasteiger partial charge >= 0.3 is 0 Å². The van der Waals surface area contributed by atoms with Crippen molar-refractivity contribution in [3.05, 3.63) is 0 Å². The Hall–Kier alpha value is -0.570. The Bertz CT molecular complexity index is 250. The summed E-state index contributed by atoms with van der Waals surface area (Å²) in [6.45, 7) is 4.25. The van der Waals surface area contributed by atoms with Crippen molar-refractivity contribution in [1.29, 1.82) is 0 Å². The van der Waals surface area contributed by atoms with Crippen LogP contribution in [0, 0.1) is 0 Å². The van der Waals surface area contributed by atoms with Gasteiger partial charge in [-0.2, -0.15) is 0 Å². The van der Waals surface area contributed by atoms with E-state index in [0.717, 1.165) is 25.9 Å². The molecule has 1 aliphatic rings. The highest BCUT2D eigenvalue weighted by Crippen LogP contribution is 2.10. The van der Waals surface area contributed by atoms with Crippen molar-refractivity contribution < 1.29 is 4.79 Å². The third-order valence-corrected chi connectivity index (χ3v) is 4.48. The highest BCUT2D eigenvalue weighted by Gasteiger charge is 2.13. The van der Waals surface area contributed by atoms with Crippen LogP contribution in [0.25, 0.3) is 0 Å². The lowest BCUT2D eigenvalue weighted by molar-refractivity contribution is -0.121. The molecule has 0 aliphatic carbocycles. The van der Waals surface area contributed by atoms with Crippen molar-refractivity contribution in [2.24, 2.45) is 0 Å². The van der Waals surface area contributed by atoms with Crippen LogP contribution in [0.5, 0.6) is 0 Å². The largest absolute Gasteiger partial charge is 0.356 e. The summed E-state index contributed by atoms with van der Waals surface area (Å²) < 4.78 is 0. The summed E-state index contributed by atoms with van der Waals surface area (Å²) in [5.74, 6) is 0.246. The van der Waals surface area contributed by atoms with Gasteiger partial charge in [-0.25, -0.2) is 0 Å². The van der Waals surface area contributed by atoms with E-state index in [9.17, 15) is 4.79 Å². The van der Waals surface area contributed by atoms with E-state index >= 15 is 0 Å². The molecule has 1 amide bonds. The predicted molar refractivity (Wildman–Crippen MR) is 90.5 cm³/mol. The van der Waals surface area contributed by atoms with Gasteiger partial charge in [0.05, 0.1) is 0 Å². The van der Waals surface area contributed by atoms with Gasteiger partial charge in [-0.1, -0.05) is 58.3 Å². The quantitative estimate of drug-likeness (QED) is 0.501. The minimum atomic E-state index is 0.246. The van der Waals surface area contributed by atoms with E-state index in [1.54, 1.807) is 0 Å². The molecule has 0 spiro atoms. The average molecular weight is 296 g/mol. The van der Waals surface area contributed by atoms with Crippen molar-refractivity contribution in [3.8, 4) is 0 Å². The van der Waals surface area contributed by atoms with Gasteiger partial charge in [-0.05, 0) is 32.2 Å². The zero-order chi connectivity index (χ0) is 15.2. The van der Waals surface area contributed by atoms with Gasteiger partial charge in [0.25, 0.3) is 0 Å². The average Bonchev–Trinajstić information content (AvgIpc) is 2.99. The van der Waals surface area contributed by atoms with E-state index < -0.39 is 0 Å². The van der Waals surface area contributed by atoms with E-state index in [1.165, 1.54) is 64.2 Å². The second-order valence-electron chi connectivity index (χ2n) is 6.51. The number of nitrogens with one attached hydrogen (secondary N) is 2. The molecule has 2 N–H and O–H groups in total. The lowest BCUT2D eigenvalue weighted by atomic mass is 10.1. The van der Waals surface area contributed by atoms with Crippen LogP contribution < -0.4 is 10.6 Å². The van der Waals surface area contributed by atoms with Gasteiger partial charge in [-0.15, -0.1) is 0 Å². The molecule has 0 saturated carbocycles. The third kappa shape index (κ3) is 10.8. The molecule has 1 saturated heterocycles. The van der Waals surface area contributed by atoms with Gasteiger partial charge in [0, 0.05) is 19.0 Å². The molecule has 0 radical (unpaired) electrons. The molecule has 1 atom stereocenters. The molecule has 1 fully saturated rings. The molecule has 0 aromatic heterocycles. The standard InChI is InChI=1S/C18H36N2O/c1-2-3-4-5-6-7-8-9-10-13-18(21)20-16-14-17-12-11-15-19-17/h17,19H,2-16H2,1H3,(H,20,21). The SMILES string of the molecule is CCCCCCCCCCCC(=O)NCCC1CCCN1. The Morgan fingerprint density at radius 2 is 1.71 bits per heavy atom. The van der Waals surface area contributed by atoms with Crippen LogP contribution in [0.4, 0.5) is 0 Å². The minimum absolute atomic E-state index is 0.246. The van der Waals surface area contributed by atoms with Crippen molar-refractivity contribution in [3.63, 3.8) is 0 Å². The van der Waals surface area contributed by atoms with Crippen molar-refractivity contribution in [2.45, 2.75) is 96.4 Å². The molecule has 0 aromatic carbocycles. The number of carbonyl (C=O) groups is 1. The molecule has 0 bridgehead atoms. The normalized spacial score (nSPS) is 18.0. The Balaban J connectivity index is 1.78. The molecule has 124 valence electrons. The Morgan fingerprint density at radius 3 is 2.33 bits per heavy atom. The summed E-state index contributed by atoms with van der Waals surface area (Å²) in [7, 11) is 0. The maximum Gasteiger partial charge on any atom is 0.219 e. The van der Waals surface area contributed by atoms with Gasteiger partial charge in [0.1, 0.15) is 0 Å². The van der Waals surface area contributed by atoms with E-state index in [1.807, 2.05) is 0 Å². The summed E-state index contributed by atoms with van der Waals surface area (Å²) >= 11 is 0. The number of hydrogen-bond donors (Lipinski definition) is 2. The first-order valence-corrected chi connectivity index (χ1v) is 9.33. The Morgan fingerprint density at radius 1 is 1.05 bits per heavy atom. The van der Waals surface area contributed by atoms with Gasteiger partial charge in [0.2, 0.25) is 5.91 Å². The number of carbonyl (C=O) groups excluding carboxylic acids is 1. The monoisotopic (exact) mass is 296 g/mol. The summed E-state index contributed by atoms with van der Waals surface area (Å²) in [5, 5.41) is 6.52. The number of rotatable bonds is 13. The van der Waals surface area contributed by atoms with E-state index in [4.69, 9.17) is 0 Å². The first kappa shape index (κ1) is 18.5. The van der Waals surface area contributed by atoms with Gasteiger partial charge < -0.3 is 10.6 Å². The van der Waals surface area contributed by atoms with Crippen molar-refractivity contribution >= 4 is 5.91 Å². The molecule has 1 heterocycles. The smallest absolute Gasteiger partial charge is 0.219 e. The van der Waals surface area contributed by atoms with Crippen molar-refractivity contribution in [2.75, 3.05) is 13.1 Å². The molecule has 21 heavy (non-hydrogen) atoms. The maximum absolute atomic E-state index is 11.7. The minimum Gasteiger partial charge on any atom is -0.356 e. The summed E-state index contributed by atoms with van der Waals surface area (Å²) in [6.07, 6.45) is 16.2. The fourth-order valence-corrected chi connectivity index (χ4v) is 3.07. The number of hydrogen-bond acceptors (Lipinski definition) is 2. The maximum atomic E-state index is 11.7. The Labute approximate surface area is 131 Å². The first-order chi connectivity index (χ1) is 10.3. The highest BCUT2D eigenvalue weighted by molar-refractivity contribution is 5.75. The molecule has 3 nitrogen and oxygen atoms in total. The Kier molecular flexibility index (Phi) is 11.5. The number of amides is 1. The van der Waals surface area contributed by atoms with Crippen LogP contribution in [-0.2, 0) is 4.79 Å². The zero-order valence-corrected chi connectivity index (χ0v) is 14.1. The van der Waals surface area contributed by atoms with Crippen LogP contribution in [-0.4, -0.2) is 25.0 Å². The predicted octanol–water partition coefficient (Wildman–Crippen LogP) is 4.17. The molecule has 3 heteroatoms. The second-order valence-corrected chi connectivity index (χ2v) is 6.51. The first-order valence-electron chi connectivity index (χ1n) is 9.33. The van der Waals surface area contributed by atoms with Crippen LogP contribution in [0.15, 0.2) is 0 Å².